The molecule has 2 heteroatoms. The average molecular weight is 479 g/mol. The lowest BCUT2D eigenvalue weighted by Crippen LogP contribution is -2.65. The van der Waals surface area contributed by atoms with E-state index in [2.05, 4.69) is 142 Å². The van der Waals surface area contributed by atoms with E-state index in [4.69, 9.17) is 0 Å². The second kappa shape index (κ2) is 10.7. The Balaban J connectivity index is 1.83. The van der Waals surface area contributed by atoms with Gasteiger partial charge in [-0.1, -0.05) is 170 Å². The topological polar surface area (TPSA) is 0 Å². The Morgan fingerprint density at radius 2 is 0.971 bits per heavy atom. The van der Waals surface area contributed by atoms with E-state index < -0.39 is 16.1 Å². The molecule has 0 nitrogen and oxygen atoms in total. The first-order valence-corrected chi connectivity index (χ1v) is 18.4. The van der Waals surface area contributed by atoms with E-state index >= 15 is 0 Å². The summed E-state index contributed by atoms with van der Waals surface area (Å²) >= 11 is 0. The van der Waals surface area contributed by atoms with Gasteiger partial charge in [0.1, 0.15) is 8.07 Å². The van der Waals surface area contributed by atoms with Crippen LogP contribution in [0.15, 0.2) is 115 Å². The highest BCUT2D eigenvalue weighted by molar-refractivity contribution is 7.06. The van der Waals surface area contributed by atoms with Crippen LogP contribution in [0.25, 0.3) is 0 Å². The molecule has 0 amide bonds. The Hall–Kier alpha value is -2.69. The van der Waals surface area contributed by atoms with Gasteiger partial charge in [-0.2, -0.15) is 0 Å². The molecule has 0 N–H and O–H groups in total. The van der Waals surface area contributed by atoms with E-state index in [1.807, 2.05) is 0 Å². The highest BCUT2D eigenvalue weighted by Crippen LogP contribution is 2.34. The fraction of sp³-hybridized carbons (Fsp3) is 0.250. The van der Waals surface area contributed by atoms with E-state index in [1.54, 1.807) is 15.6 Å². The molecule has 4 rings (SSSR count). The van der Waals surface area contributed by atoms with Gasteiger partial charge in [-0.05, 0) is 17.2 Å². The molecule has 0 heterocycles. The second-order valence-corrected chi connectivity index (χ2v) is 19.4. The van der Waals surface area contributed by atoms with Crippen LogP contribution >= 0.6 is 0 Å². The van der Waals surface area contributed by atoms with Gasteiger partial charge < -0.3 is 0 Å². The predicted octanol–water partition coefficient (Wildman–Crippen LogP) is 7.04. The third-order valence-corrected chi connectivity index (χ3v) is 17.6. The number of hydrogen-bond acceptors (Lipinski definition) is 0. The van der Waals surface area contributed by atoms with Gasteiger partial charge in [0.05, 0.1) is 8.07 Å². The first kappa shape index (κ1) is 24.4. The van der Waals surface area contributed by atoms with Crippen LogP contribution in [0.2, 0.25) is 31.2 Å². The molecule has 2 atom stereocenters. The minimum atomic E-state index is -1.82. The molecule has 0 radical (unpaired) electrons. The van der Waals surface area contributed by atoms with Gasteiger partial charge in [-0.15, -0.1) is 0 Å². The summed E-state index contributed by atoms with van der Waals surface area (Å²) in [4.78, 5) is 0. The lowest BCUT2D eigenvalue weighted by molar-refractivity contribution is 0.895. The minimum Gasteiger partial charge on any atom is -0.0675 e. The number of benzene rings is 4. The van der Waals surface area contributed by atoms with Crippen LogP contribution in [0.3, 0.4) is 0 Å². The van der Waals surface area contributed by atoms with Crippen molar-refractivity contribution >= 4 is 31.7 Å². The van der Waals surface area contributed by atoms with Gasteiger partial charge in [0, 0.05) is 5.92 Å². The molecular weight excluding hydrogens is 441 g/mol. The molecular formula is C32H38Si2. The maximum absolute atomic E-state index is 2.64. The normalized spacial score (nSPS) is 15.0. The molecule has 0 unspecified atom stereocenters. The first-order chi connectivity index (χ1) is 16.5. The third kappa shape index (κ3) is 4.89. The SMILES string of the molecule is CC[Si@@](C)(CC(c1ccccc1)c1ccccc1)c1ccccc1[Si@@](C)(CC)c1ccccc1. The van der Waals surface area contributed by atoms with Crippen molar-refractivity contribution < 1.29 is 0 Å². The maximum Gasteiger partial charge on any atom is 0.114 e. The Morgan fingerprint density at radius 3 is 1.44 bits per heavy atom. The number of rotatable bonds is 9. The largest absolute Gasteiger partial charge is 0.114 e. The molecule has 0 saturated carbocycles. The monoisotopic (exact) mass is 478 g/mol. The summed E-state index contributed by atoms with van der Waals surface area (Å²) in [6, 6.07) is 46.9. The van der Waals surface area contributed by atoms with E-state index in [1.165, 1.54) is 29.3 Å². The van der Waals surface area contributed by atoms with E-state index in [-0.39, 0.29) is 0 Å². The molecule has 0 aliphatic heterocycles. The molecule has 4 aromatic rings. The zero-order chi connectivity index (χ0) is 24.0. The van der Waals surface area contributed by atoms with Gasteiger partial charge in [0.25, 0.3) is 0 Å². The van der Waals surface area contributed by atoms with Crippen LogP contribution in [-0.4, -0.2) is 16.1 Å². The second-order valence-electron chi connectivity index (χ2n) is 10.1. The zero-order valence-electron chi connectivity index (χ0n) is 21.2. The lowest BCUT2D eigenvalue weighted by Gasteiger charge is -2.38. The number of hydrogen-bond donors (Lipinski definition) is 0. The molecule has 0 fully saturated rings. The molecule has 0 bridgehead atoms. The highest BCUT2D eigenvalue weighted by atomic mass is 28.3. The van der Waals surface area contributed by atoms with Crippen LogP contribution in [-0.2, 0) is 0 Å². The quantitative estimate of drug-likeness (QED) is 0.226. The van der Waals surface area contributed by atoms with Gasteiger partial charge in [-0.3, -0.25) is 0 Å². The smallest absolute Gasteiger partial charge is 0.0675 e. The zero-order valence-corrected chi connectivity index (χ0v) is 23.2. The highest BCUT2D eigenvalue weighted by Gasteiger charge is 2.39. The summed E-state index contributed by atoms with van der Waals surface area (Å²) in [6.07, 6.45) is 0. The van der Waals surface area contributed by atoms with Crippen molar-refractivity contribution in [2.24, 2.45) is 0 Å². The summed E-state index contributed by atoms with van der Waals surface area (Å²) in [5.41, 5.74) is 2.88. The van der Waals surface area contributed by atoms with Gasteiger partial charge >= 0.3 is 0 Å². The van der Waals surface area contributed by atoms with Crippen molar-refractivity contribution in [3.8, 4) is 0 Å². The van der Waals surface area contributed by atoms with Crippen molar-refractivity contribution in [1.29, 1.82) is 0 Å². The standard InChI is InChI=1S/C32H38Si2/c1-5-33(3,26-30(27-18-10-7-11-19-27)28-20-12-8-13-21-28)31-24-16-17-25-32(31)34(4,6-2)29-22-14-9-15-23-29/h7-25,30H,5-6,26H2,1-4H3/t33-,34-/m0/s1. The van der Waals surface area contributed by atoms with E-state index in [9.17, 15) is 0 Å². The molecule has 4 aromatic carbocycles. The molecule has 0 saturated heterocycles. The summed E-state index contributed by atoms with van der Waals surface area (Å²) in [5, 5.41) is 4.91. The molecule has 0 aliphatic carbocycles. The van der Waals surface area contributed by atoms with E-state index in [0.717, 1.165) is 0 Å². The van der Waals surface area contributed by atoms with Crippen molar-refractivity contribution in [2.45, 2.75) is 51.0 Å². The van der Waals surface area contributed by atoms with Crippen molar-refractivity contribution in [3.05, 3.63) is 126 Å². The van der Waals surface area contributed by atoms with Gasteiger partial charge in [0.2, 0.25) is 0 Å². The Bertz CT molecular complexity index is 1130. The first-order valence-electron chi connectivity index (χ1n) is 12.8. The summed E-state index contributed by atoms with van der Waals surface area (Å²) in [6.45, 7) is 10.1. The van der Waals surface area contributed by atoms with Gasteiger partial charge in [-0.25, -0.2) is 0 Å². The van der Waals surface area contributed by atoms with Crippen LogP contribution in [0.4, 0.5) is 0 Å². The fourth-order valence-corrected chi connectivity index (χ4v) is 13.9. The summed E-state index contributed by atoms with van der Waals surface area (Å²) < 4.78 is 0. The molecule has 0 spiro atoms. The molecule has 174 valence electrons. The summed E-state index contributed by atoms with van der Waals surface area (Å²) in [5.74, 6) is 0.429. The van der Waals surface area contributed by atoms with Crippen LogP contribution in [0.1, 0.15) is 30.9 Å². The fourth-order valence-electron chi connectivity index (χ4n) is 5.54. The van der Waals surface area contributed by atoms with Crippen LogP contribution < -0.4 is 15.6 Å². The Labute approximate surface area is 208 Å². The van der Waals surface area contributed by atoms with Crippen molar-refractivity contribution in [2.75, 3.05) is 0 Å². The van der Waals surface area contributed by atoms with Crippen LogP contribution in [0, 0.1) is 0 Å². The third-order valence-electron chi connectivity index (χ3n) is 8.13. The predicted molar refractivity (Wildman–Crippen MR) is 156 cm³/mol. The molecule has 0 aliphatic rings. The minimum absolute atomic E-state index is 0.429. The van der Waals surface area contributed by atoms with Crippen molar-refractivity contribution in [3.63, 3.8) is 0 Å². The molecule has 34 heavy (non-hydrogen) atoms. The van der Waals surface area contributed by atoms with Crippen molar-refractivity contribution in [1.82, 2.24) is 0 Å². The van der Waals surface area contributed by atoms with Gasteiger partial charge in [0.15, 0.2) is 0 Å². The lowest BCUT2D eigenvalue weighted by atomic mass is 9.93. The Morgan fingerprint density at radius 1 is 0.529 bits per heavy atom. The van der Waals surface area contributed by atoms with E-state index in [0.29, 0.717) is 5.92 Å². The maximum atomic E-state index is 2.64. The Kier molecular flexibility index (Phi) is 7.70. The van der Waals surface area contributed by atoms with Crippen LogP contribution in [0.5, 0.6) is 0 Å². The molecule has 0 aromatic heterocycles. The summed E-state index contributed by atoms with van der Waals surface area (Å²) in [7, 11) is -3.62. The average Bonchev–Trinajstić information content (AvgIpc) is 2.92.